The molecule has 0 spiro atoms. The molecule has 0 N–H and O–H groups in total. The molecular formula is C41H80F2. The van der Waals surface area contributed by atoms with Gasteiger partial charge in [-0.05, 0) is 91.7 Å². The van der Waals surface area contributed by atoms with Crippen molar-refractivity contribution in [2.45, 2.75) is 171 Å². The zero-order valence-electron chi connectivity index (χ0n) is 33.2. The first-order valence-corrected chi connectivity index (χ1v) is 17.2. The quantitative estimate of drug-likeness (QED) is 0.297. The Balaban J connectivity index is -0.000000135. The van der Waals surface area contributed by atoms with Crippen molar-refractivity contribution in [3.05, 3.63) is 34.9 Å². The van der Waals surface area contributed by atoms with Gasteiger partial charge in [0.25, 0.3) is 0 Å². The molecule has 1 aromatic carbocycles. The van der Waals surface area contributed by atoms with Crippen LogP contribution in [0.5, 0.6) is 0 Å². The number of alkyl halides is 2. The molecule has 1 saturated carbocycles. The summed E-state index contributed by atoms with van der Waals surface area (Å²) in [5.74, 6) is 11.9. The molecule has 1 aliphatic rings. The van der Waals surface area contributed by atoms with Gasteiger partial charge in [-0.25, -0.2) is 8.78 Å². The van der Waals surface area contributed by atoms with E-state index in [-0.39, 0.29) is 0 Å². The van der Waals surface area contributed by atoms with Gasteiger partial charge in [-0.2, -0.15) is 0 Å². The topological polar surface area (TPSA) is 0 Å². The van der Waals surface area contributed by atoms with Crippen LogP contribution >= 0.6 is 0 Å². The fraction of sp³-hybridized carbons (Fsp3) is 0.805. The van der Waals surface area contributed by atoms with Crippen LogP contribution in [-0.4, -0.2) is 6.43 Å². The molecule has 0 bridgehead atoms. The highest BCUT2D eigenvalue weighted by Crippen LogP contribution is 2.35. The van der Waals surface area contributed by atoms with E-state index in [0.717, 1.165) is 35.5 Å². The van der Waals surface area contributed by atoms with E-state index >= 15 is 0 Å². The Bertz CT molecular complexity index is 685. The molecule has 0 unspecified atom stereocenters. The SMILES string of the molecule is CC#CC(C)C.CC(C)C.CC(C)C.CC(C)C(C)C.CC(C)C(F)F.CC(C)C1CC1.Cc1cccc(C)c1C(C)C. The molecule has 2 heteroatoms. The number of hydrogen-bond acceptors (Lipinski definition) is 0. The molecule has 43 heavy (non-hydrogen) atoms. The Labute approximate surface area is 273 Å². The van der Waals surface area contributed by atoms with Crippen molar-refractivity contribution >= 4 is 0 Å². The van der Waals surface area contributed by atoms with Crippen molar-refractivity contribution < 1.29 is 8.78 Å². The molecule has 0 heterocycles. The number of halogens is 2. The normalized spacial score (nSPS) is 11.6. The molecule has 0 saturated heterocycles. The molecular weight excluding hydrogens is 530 g/mol. The molecule has 0 amide bonds. The average molecular weight is 611 g/mol. The molecule has 0 radical (unpaired) electrons. The smallest absolute Gasteiger partial charge is 0.210 e. The van der Waals surface area contributed by atoms with E-state index in [0.29, 0.717) is 11.8 Å². The second-order valence-electron chi connectivity index (χ2n) is 15.1. The van der Waals surface area contributed by atoms with Crippen molar-refractivity contribution in [1.82, 2.24) is 0 Å². The van der Waals surface area contributed by atoms with Crippen LogP contribution in [-0.2, 0) is 0 Å². The monoisotopic (exact) mass is 611 g/mol. The zero-order valence-corrected chi connectivity index (χ0v) is 33.2. The van der Waals surface area contributed by atoms with Crippen LogP contribution in [0.25, 0.3) is 0 Å². The van der Waals surface area contributed by atoms with Crippen molar-refractivity contribution in [1.29, 1.82) is 0 Å². The first-order chi connectivity index (χ1) is 19.5. The van der Waals surface area contributed by atoms with Gasteiger partial charge in [0.05, 0.1) is 0 Å². The highest BCUT2D eigenvalue weighted by atomic mass is 19.3. The lowest BCUT2D eigenvalue weighted by atomic mass is 9.94. The van der Waals surface area contributed by atoms with E-state index in [9.17, 15) is 8.78 Å². The summed E-state index contributed by atoms with van der Waals surface area (Å²) in [7, 11) is 0. The fourth-order valence-electron chi connectivity index (χ4n) is 2.79. The van der Waals surface area contributed by atoms with Crippen LogP contribution in [0.15, 0.2) is 18.2 Å². The first kappa shape index (κ1) is 51.2. The summed E-state index contributed by atoms with van der Waals surface area (Å²) in [4.78, 5) is 0. The van der Waals surface area contributed by atoms with Crippen molar-refractivity contribution in [3.8, 4) is 11.8 Å². The maximum atomic E-state index is 11.2. The third kappa shape index (κ3) is 50.6. The van der Waals surface area contributed by atoms with E-state index in [1.807, 2.05) is 6.92 Å². The largest absolute Gasteiger partial charge is 0.240 e. The number of aryl methyl sites for hydroxylation is 2. The maximum Gasteiger partial charge on any atom is 0.240 e. The van der Waals surface area contributed by atoms with Gasteiger partial charge in [-0.1, -0.05) is 143 Å². The summed E-state index contributed by atoms with van der Waals surface area (Å²) in [5, 5.41) is 0. The van der Waals surface area contributed by atoms with Gasteiger partial charge in [0.15, 0.2) is 0 Å². The van der Waals surface area contributed by atoms with Gasteiger partial charge < -0.3 is 0 Å². The average Bonchev–Trinajstić information content (AvgIpc) is 3.65. The van der Waals surface area contributed by atoms with Gasteiger partial charge in [0, 0.05) is 11.8 Å². The van der Waals surface area contributed by atoms with Crippen molar-refractivity contribution in [2.75, 3.05) is 0 Å². The molecule has 0 nitrogen and oxygen atoms in total. The highest BCUT2D eigenvalue weighted by Gasteiger charge is 2.23. The molecule has 258 valence electrons. The summed E-state index contributed by atoms with van der Waals surface area (Å²) in [5.41, 5.74) is 4.34. The first-order valence-electron chi connectivity index (χ1n) is 17.2. The molecule has 0 aliphatic heterocycles. The lowest BCUT2D eigenvalue weighted by molar-refractivity contribution is 0.0955. The molecule has 2 rings (SSSR count). The van der Waals surface area contributed by atoms with Gasteiger partial charge in [-0.15, -0.1) is 11.8 Å². The number of hydrogen-bond donors (Lipinski definition) is 0. The summed E-state index contributed by atoms with van der Waals surface area (Å²) < 4.78 is 22.3. The van der Waals surface area contributed by atoms with Gasteiger partial charge >= 0.3 is 0 Å². The Hall–Kier alpha value is -1.36. The van der Waals surface area contributed by atoms with E-state index in [1.54, 1.807) is 0 Å². The molecule has 1 fully saturated rings. The maximum absolute atomic E-state index is 11.2. The molecule has 0 atom stereocenters. The summed E-state index contributed by atoms with van der Waals surface area (Å²) in [6, 6.07) is 6.49. The van der Waals surface area contributed by atoms with Crippen molar-refractivity contribution in [2.24, 2.45) is 47.3 Å². The Morgan fingerprint density at radius 2 is 0.907 bits per heavy atom. The van der Waals surface area contributed by atoms with Crippen LogP contribution in [0.3, 0.4) is 0 Å². The van der Waals surface area contributed by atoms with Gasteiger partial charge in [0.1, 0.15) is 0 Å². The standard InChI is InChI=1S/C11H16.C6H12.C6H14.C6H10.C4H8F2.2C4H10/c1-8(2)11-9(3)6-5-7-10(11)4;1-5(2)6-3-4-6;1-5(2)6(3)4;1-4-5-6(2)3;1-3(2)4(5)6;2*1-4(2)3/h5-8H,1-4H3;5-6H,3-4H2,1-2H3;5-6H,1-4H3;6H,1-3H3;3-4H,1-2H3;2*4H,1-3H3. The minimum Gasteiger partial charge on any atom is -0.210 e. The molecule has 1 aliphatic carbocycles. The van der Waals surface area contributed by atoms with Gasteiger partial charge in [-0.3, -0.25) is 0 Å². The van der Waals surface area contributed by atoms with Crippen LogP contribution in [0.4, 0.5) is 8.78 Å². The predicted molar refractivity (Wildman–Crippen MR) is 197 cm³/mol. The van der Waals surface area contributed by atoms with Crippen LogP contribution in [0.1, 0.15) is 167 Å². The van der Waals surface area contributed by atoms with Crippen molar-refractivity contribution in [3.63, 3.8) is 0 Å². The zero-order chi connectivity index (χ0) is 35.5. The van der Waals surface area contributed by atoms with Crippen LogP contribution in [0.2, 0.25) is 0 Å². The second-order valence-corrected chi connectivity index (χ2v) is 15.1. The van der Waals surface area contributed by atoms with Crippen LogP contribution in [0, 0.1) is 73.0 Å². The number of benzene rings is 1. The van der Waals surface area contributed by atoms with Gasteiger partial charge in [0.2, 0.25) is 6.43 Å². The highest BCUT2D eigenvalue weighted by molar-refractivity contribution is 5.35. The minimum absolute atomic E-state index is 0.481. The third-order valence-electron chi connectivity index (χ3n) is 5.95. The Kier molecular flexibility index (Phi) is 38.2. The van der Waals surface area contributed by atoms with E-state index in [4.69, 9.17) is 0 Å². The minimum atomic E-state index is -2.15. The van der Waals surface area contributed by atoms with Crippen LogP contribution < -0.4 is 0 Å². The Morgan fingerprint density at radius 1 is 0.605 bits per heavy atom. The fourth-order valence-corrected chi connectivity index (χ4v) is 2.79. The van der Waals surface area contributed by atoms with E-state index in [1.165, 1.54) is 43.4 Å². The summed E-state index contributed by atoms with van der Waals surface area (Å²) >= 11 is 0. The Morgan fingerprint density at radius 3 is 0.977 bits per heavy atom. The lowest BCUT2D eigenvalue weighted by Gasteiger charge is -2.12. The molecule has 0 aromatic heterocycles. The predicted octanol–water partition coefficient (Wildman–Crippen LogP) is 14.7. The number of rotatable bonds is 4. The summed E-state index contributed by atoms with van der Waals surface area (Å²) in [6.45, 7) is 44.4. The lowest BCUT2D eigenvalue weighted by Crippen LogP contribution is -1.99. The molecule has 1 aromatic rings. The summed E-state index contributed by atoms with van der Waals surface area (Å²) in [6.07, 6.45) is 0.847. The third-order valence-corrected chi connectivity index (χ3v) is 5.95. The van der Waals surface area contributed by atoms with E-state index in [2.05, 4.69) is 155 Å². The second kappa shape index (κ2) is 32.0. The van der Waals surface area contributed by atoms with E-state index < -0.39 is 12.3 Å².